The number of pyridine rings is 1. The number of carbonyl (C=O) groups is 1. The Morgan fingerprint density at radius 2 is 2.05 bits per heavy atom. The summed E-state index contributed by atoms with van der Waals surface area (Å²) in [5.41, 5.74) is -1.23. The number of nitrogens with zero attached hydrogens (tertiary/aromatic N) is 1. The lowest BCUT2D eigenvalue weighted by atomic mass is 10.1. The molecular weight excluding hydrogens is 327 g/mol. The summed E-state index contributed by atoms with van der Waals surface area (Å²) in [6.07, 6.45) is -4.63. The van der Waals surface area contributed by atoms with Crippen LogP contribution >= 0.6 is 15.9 Å². The fraction of sp³-hybridized carbons (Fsp3) is 0.167. The number of aromatic nitrogens is 1. The number of carbonyl (C=O) groups excluding carboxylic acids is 1. The van der Waals surface area contributed by atoms with E-state index >= 15 is 0 Å². The first-order valence-corrected chi connectivity index (χ1v) is 5.88. The Bertz CT molecular complexity index is 655. The smallest absolute Gasteiger partial charge is 0.433 e. The molecule has 0 saturated heterocycles. The zero-order valence-corrected chi connectivity index (χ0v) is 11.2. The van der Waals surface area contributed by atoms with Crippen LogP contribution in [0, 0.1) is 0 Å². The molecule has 3 nitrogen and oxygen atoms in total. The van der Waals surface area contributed by atoms with Crippen molar-refractivity contribution >= 4 is 32.8 Å². The predicted molar refractivity (Wildman–Crippen MR) is 65.8 cm³/mol. The summed E-state index contributed by atoms with van der Waals surface area (Å²) in [6.45, 7) is 0. The number of para-hydroxylation sites is 1. The molecule has 19 heavy (non-hydrogen) atoms. The van der Waals surface area contributed by atoms with Crippen LogP contribution in [-0.4, -0.2) is 18.1 Å². The van der Waals surface area contributed by atoms with Crippen molar-refractivity contribution in [2.45, 2.75) is 6.18 Å². The quantitative estimate of drug-likeness (QED) is 0.745. The average molecular weight is 334 g/mol. The Balaban J connectivity index is 2.84. The van der Waals surface area contributed by atoms with Gasteiger partial charge in [0.05, 0.1) is 18.2 Å². The molecule has 0 spiro atoms. The van der Waals surface area contributed by atoms with Crippen LogP contribution < -0.4 is 0 Å². The zero-order chi connectivity index (χ0) is 14.2. The van der Waals surface area contributed by atoms with Crippen LogP contribution in [0.2, 0.25) is 0 Å². The van der Waals surface area contributed by atoms with Gasteiger partial charge in [0.15, 0.2) is 0 Å². The molecule has 0 saturated carbocycles. The molecule has 1 aromatic heterocycles. The monoisotopic (exact) mass is 333 g/mol. The van der Waals surface area contributed by atoms with Crippen LogP contribution in [0.1, 0.15) is 16.1 Å². The van der Waals surface area contributed by atoms with Gasteiger partial charge in [-0.05, 0) is 28.1 Å². The third-order valence-electron chi connectivity index (χ3n) is 2.49. The SMILES string of the molecule is COC(=O)c1cc(C(F)(F)F)nc2c(Br)cccc12. The number of rotatable bonds is 1. The first-order chi connectivity index (χ1) is 8.84. The zero-order valence-electron chi connectivity index (χ0n) is 9.58. The van der Waals surface area contributed by atoms with Gasteiger partial charge in [-0.1, -0.05) is 12.1 Å². The molecule has 7 heteroatoms. The molecule has 0 aliphatic rings. The largest absolute Gasteiger partial charge is 0.465 e. The topological polar surface area (TPSA) is 39.2 Å². The Morgan fingerprint density at radius 1 is 1.37 bits per heavy atom. The summed E-state index contributed by atoms with van der Waals surface area (Å²) < 4.78 is 43.2. The summed E-state index contributed by atoms with van der Waals surface area (Å²) >= 11 is 3.12. The van der Waals surface area contributed by atoms with E-state index in [0.29, 0.717) is 15.9 Å². The van der Waals surface area contributed by atoms with Gasteiger partial charge < -0.3 is 4.74 Å². The molecule has 100 valence electrons. The van der Waals surface area contributed by atoms with Crippen molar-refractivity contribution in [1.82, 2.24) is 4.98 Å². The summed E-state index contributed by atoms with van der Waals surface area (Å²) in [6, 6.07) is 5.37. The molecule has 0 fully saturated rings. The number of esters is 1. The van der Waals surface area contributed by atoms with Crippen molar-refractivity contribution < 1.29 is 22.7 Å². The highest BCUT2D eigenvalue weighted by atomic mass is 79.9. The third-order valence-corrected chi connectivity index (χ3v) is 3.13. The van der Waals surface area contributed by atoms with Crippen molar-refractivity contribution in [1.29, 1.82) is 0 Å². The van der Waals surface area contributed by atoms with Gasteiger partial charge in [0.1, 0.15) is 5.69 Å². The van der Waals surface area contributed by atoms with Gasteiger partial charge in [0, 0.05) is 9.86 Å². The molecule has 2 rings (SSSR count). The first-order valence-electron chi connectivity index (χ1n) is 5.09. The van der Waals surface area contributed by atoms with E-state index in [4.69, 9.17) is 0 Å². The number of alkyl halides is 3. The lowest BCUT2D eigenvalue weighted by Crippen LogP contribution is -2.12. The average Bonchev–Trinajstić information content (AvgIpc) is 2.36. The molecule has 0 amide bonds. The standard InChI is InChI=1S/C12H7BrF3NO2/c1-19-11(18)7-5-9(12(14,15)16)17-10-6(7)3-2-4-8(10)13/h2-5H,1H3. The molecule has 0 aliphatic carbocycles. The minimum atomic E-state index is -4.63. The maximum atomic E-state index is 12.8. The van der Waals surface area contributed by atoms with Gasteiger partial charge in [-0.3, -0.25) is 0 Å². The number of halogens is 4. The first kappa shape index (κ1) is 13.8. The summed E-state index contributed by atoms with van der Waals surface area (Å²) in [4.78, 5) is 15.1. The molecule has 0 unspecified atom stereocenters. The fourth-order valence-electron chi connectivity index (χ4n) is 1.64. The molecule has 0 radical (unpaired) electrons. The second kappa shape index (κ2) is 4.80. The van der Waals surface area contributed by atoms with E-state index in [1.165, 1.54) is 6.07 Å². The van der Waals surface area contributed by atoms with E-state index < -0.39 is 17.8 Å². The number of hydrogen-bond donors (Lipinski definition) is 0. The van der Waals surface area contributed by atoms with Crippen molar-refractivity contribution in [3.8, 4) is 0 Å². The van der Waals surface area contributed by atoms with Crippen molar-refractivity contribution in [2.24, 2.45) is 0 Å². The third kappa shape index (κ3) is 2.56. The van der Waals surface area contributed by atoms with E-state index in [1.54, 1.807) is 12.1 Å². The highest BCUT2D eigenvalue weighted by Crippen LogP contribution is 2.33. The Kier molecular flexibility index (Phi) is 3.49. The second-order valence-corrected chi connectivity index (χ2v) is 4.53. The van der Waals surface area contributed by atoms with E-state index in [1.807, 2.05) is 0 Å². The van der Waals surface area contributed by atoms with E-state index in [2.05, 4.69) is 25.7 Å². The normalized spacial score (nSPS) is 11.6. The number of hydrogen-bond acceptors (Lipinski definition) is 3. The number of fused-ring (bicyclic) bond motifs is 1. The minimum absolute atomic E-state index is 0.0673. The molecule has 0 bridgehead atoms. The van der Waals surface area contributed by atoms with Gasteiger partial charge in [0.2, 0.25) is 0 Å². The summed E-state index contributed by atoms with van der Waals surface area (Å²) in [5, 5.41) is 0.300. The van der Waals surface area contributed by atoms with E-state index in [9.17, 15) is 18.0 Å². The predicted octanol–water partition coefficient (Wildman–Crippen LogP) is 3.80. The van der Waals surface area contributed by atoms with Crippen LogP contribution in [0.5, 0.6) is 0 Å². The van der Waals surface area contributed by atoms with Gasteiger partial charge in [-0.15, -0.1) is 0 Å². The Hall–Kier alpha value is -1.63. The Morgan fingerprint density at radius 3 is 2.63 bits per heavy atom. The highest BCUT2D eigenvalue weighted by Gasteiger charge is 2.34. The second-order valence-electron chi connectivity index (χ2n) is 3.68. The number of benzene rings is 1. The van der Waals surface area contributed by atoms with Gasteiger partial charge in [-0.25, -0.2) is 9.78 Å². The molecule has 0 atom stereocenters. The number of ether oxygens (including phenoxy) is 1. The van der Waals surface area contributed by atoms with Crippen molar-refractivity contribution in [2.75, 3.05) is 7.11 Å². The van der Waals surface area contributed by atoms with Gasteiger partial charge in [0.25, 0.3) is 0 Å². The van der Waals surface area contributed by atoms with Gasteiger partial charge in [-0.2, -0.15) is 13.2 Å². The van der Waals surface area contributed by atoms with Crippen LogP contribution in [-0.2, 0) is 10.9 Å². The molecule has 1 heterocycles. The van der Waals surface area contributed by atoms with E-state index in [-0.39, 0.29) is 11.1 Å². The molecule has 0 aliphatic heterocycles. The molecule has 2 aromatic rings. The molecule has 0 N–H and O–H groups in total. The van der Waals surface area contributed by atoms with Crippen LogP contribution in [0.25, 0.3) is 10.9 Å². The highest BCUT2D eigenvalue weighted by molar-refractivity contribution is 9.10. The molecule has 1 aromatic carbocycles. The maximum Gasteiger partial charge on any atom is 0.433 e. The van der Waals surface area contributed by atoms with Crippen LogP contribution in [0.4, 0.5) is 13.2 Å². The van der Waals surface area contributed by atoms with Crippen molar-refractivity contribution in [3.63, 3.8) is 0 Å². The molecular formula is C12H7BrF3NO2. The maximum absolute atomic E-state index is 12.8. The van der Waals surface area contributed by atoms with Gasteiger partial charge >= 0.3 is 12.1 Å². The fourth-order valence-corrected chi connectivity index (χ4v) is 2.09. The van der Waals surface area contributed by atoms with Crippen LogP contribution in [0.15, 0.2) is 28.7 Å². The van der Waals surface area contributed by atoms with Crippen molar-refractivity contribution in [3.05, 3.63) is 40.0 Å². The minimum Gasteiger partial charge on any atom is -0.465 e. The summed E-state index contributed by atoms with van der Waals surface area (Å²) in [5.74, 6) is -0.837. The Labute approximate surface area is 114 Å². The number of methoxy groups -OCH3 is 1. The van der Waals surface area contributed by atoms with Crippen LogP contribution in [0.3, 0.4) is 0 Å². The lowest BCUT2D eigenvalue weighted by molar-refractivity contribution is -0.141. The van der Waals surface area contributed by atoms with E-state index in [0.717, 1.165) is 7.11 Å². The summed E-state index contributed by atoms with van der Waals surface area (Å²) in [7, 11) is 1.11. The lowest BCUT2D eigenvalue weighted by Gasteiger charge is -2.11.